The van der Waals surface area contributed by atoms with Crippen LogP contribution in [-0.2, 0) is 19.2 Å². The van der Waals surface area contributed by atoms with E-state index in [2.05, 4.69) is 41.5 Å². The van der Waals surface area contributed by atoms with Gasteiger partial charge in [-0.25, -0.2) is 4.79 Å². The first-order valence-corrected chi connectivity index (χ1v) is 15.3. The number of aliphatic carboxylic acids is 1. The number of amides is 3. The number of rotatable bonds is 11. The first-order chi connectivity index (χ1) is 20.5. The molecule has 5 aliphatic rings. The summed E-state index contributed by atoms with van der Waals surface area (Å²) < 4.78 is 0. The highest BCUT2D eigenvalue weighted by Crippen LogP contribution is 2.51. The number of carbonyl (C=O) groups is 4. The van der Waals surface area contributed by atoms with Crippen LogP contribution in [0.25, 0.3) is 0 Å². The Morgan fingerprint density at radius 3 is 2.56 bits per heavy atom. The Labute approximate surface area is 252 Å². The van der Waals surface area contributed by atoms with Crippen molar-refractivity contribution in [1.29, 1.82) is 5.41 Å². The molecule has 0 aromatic rings. The Hall–Kier alpha value is -3.64. The Morgan fingerprint density at radius 2 is 1.91 bits per heavy atom. The largest absolute Gasteiger partial charge is 0.477 e. The predicted octanol–water partition coefficient (Wildman–Crippen LogP) is -1.10. The van der Waals surface area contributed by atoms with Crippen LogP contribution in [0.2, 0.25) is 0 Å². The van der Waals surface area contributed by atoms with Crippen LogP contribution < -0.4 is 21.7 Å². The normalized spacial score (nSPS) is 29.5. The van der Waals surface area contributed by atoms with Crippen LogP contribution in [0.4, 0.5) is 0 Å². The van der Waals surface area contributed by atoms with Gasteiger partial charge in [0.05, 0.1) is 24.4 Å². The second-order valence-electron chi connectivity index (χ2n) is 11.4. The minimum atomic E-state index is -1.16. The van der Waals surface area contributed by atoms with Gasteiger partial charge in [-0.3, -0.25) is 24.7 Å². The molecule has 0 aromatic carbocycles. The number of nitrogens with two attached hydrogens (primary N) is 1. The molecule has 234 valence electrons. The van der Waals surface area contributed by atoms with Gasteiger partial charge in [0, 0.05) is 67.9 Å². The van der Waals surface area contributed by atoms with E-state index in [4.69, 9.17) is 11.1 Å². The van der Waals surface area contributed by atoms with Gasteiger partial charge in [-0.05, 0) is 23.8 Å². The smallest absolute Gasteiger partial charge is 0.353 e. The Bertz CT molecular complexity index is 1240. The van der Waals surface area contributed by atoms with Crippen molar-refractivity contribution in [2.24, 2.45) is 38.2 Å². The third kappa shape index (κ3) is 6.50. The molecule has 6 atom stereocenters. The summed E-state index contributed by atoms with van der Waals surface area (Å²) in [4.78, 5) is 57.4. The molecule has 0 saturated carbocycles. The molecule has 3 amide bonds. The second kappa shape index (κ2) is 12.9. The van der Waals surface area contributed by atoms with Crippen molar-refractivity contribution in [1.82, 2.24) is 30.7 Å². The first kappa shape index (κ1) is 30.8. The van der Waals surface area contributed by atoms with E-state index < -0.39 is 24.1 Å². The summed E-state index contributed by atoms with van der Waals surface area (Å²) in [6.45, 7) is 8.24. The zero-order valence-electron chi connectivity index (χ0n) is 24.1. The molecule has 0 aromatic heterocycles. The number of piperazine rings is 1. The molecule has 7 N–H and O–H groups in total. The fourth-order valence-electron chi connectivity index (χ4n) is 6.46. The van der Waals surface area contributed by atoms with Gasteiger partial charge < -0.3 is 36.6 Å². The van der Waals surface area contributed by atoms with E-state index >= 15 is 0 Å². The maximum Gasteiger partial charge on any atom is 0.353 e. The number of carbonyl (C=O) groups excluding carboxylic acids is 3. The van der Waals surface area contributed by atoms with Gasteiger partial charge in [0.25, 0.3) is 0 Å². The molecule has 5 rings (SSSR count). The molecule has 0 aliphatic carbocycles. The summed E-state index contributed by atoms with van der Waals surface area (Å²) in [5, 5.41) is 40.5. The van der Waals surface area contributed by atoms with Crippen molar-refractivity contribution in [3.63, 3.8) is 0 Å². The van der Waals surface area contributed by atoms with Gasteiger partial charge >= 0.3 is 5.97 Å². The lowest BCUT2D eigenvalue weighted by Gasteiger charge is -2.47. The van der Waals surface area contributed by atoms with Crippen LogP contribution >= 0.6 is 11.8 Å². The van der Waals surface area contributed by atoms with Crippen molar-refractivity contribution in [2.45, 2.75) is 56.2 Å². The summed E-state index contributed by atoms with van der Waals surface area (Å²) in [7, 11) is 0. The number of hydrogen-bond donors (Lipinski definition) is 6. The highest BCUT2D eigenvalue weighted by Gasteiger charge is 2.60. The average molecular weight is 619 g/mol. The standard InChI is InChI=1S/C25H38N12O5S/c1-12-19-18(13(2)30-17(38)10-16-31-33-34-32-16)23(40)37(19)20(24(41)42)21(12)43-14-9-15(29-11-14)22(39)36-7-5-35(6-8-36)4-3-28-25(26)27/h12-16,18-19,29H,3-11H2,1-2H3,(H,30,38)(H,41,42)(H4,26,27,28)/t12-,13-,14+,15+,18-,19-/m1/s1. The SMILES string of the molecule is C[C@@H](NC(=O)CC1N=NN=N1)[C@H]1C(=O)N2C(C(=O)O)=C(S[C@@H]3CN[C@H](C(=O)N4CCN(CCNC(=N)N)CC4)C3)[C@H](C)[C@H]12. The molecule has 17 nitrogen and oxygen atoms in total. The van der Waals surface area contributed by atoms with Crippen molar-refractivity contribution in [3.05, 3.63) is 10.6 Å². The summed E-state index contributed by atoms with van der Waals surface area (Å²) in [6.07, 6.45) is -0.152. The lowest BCUT2D eigenvalue weighted by Crippen LogP contribution is -2.66. The van der Waals surface area contributed by atoms with E-state index in [0.717, 1.165) is 19.6 Å². The lowest BCUT2D eigenvalue weighted by atomic mass is 9.78. The number of nitrogens with one attached hydrogen (secondary N) is 4. The van der Waals surface area contributed by atoms with Crippen LogP contribution in [-0.4, -0.2) is 125 Å². The van der Waals surface area contributed by atoms with Crippen LogP contribution in [0, 0.1) is 17.2 Å². The van der Waals surface area contributed by atoms with E-state index in [1.165, 1.54) is 16.7 Å². The van der Waals surface area contributed by atoms with Gasteiger partial charge in [-0.1, -0.05) is 6.92 Å². The Kier molecular flexibility index (Phi) is 9.26. The van der Waals surface area contributed by atoms with Gasteiger partial charge in [0.2, 0.25) is 17.7 Å². The molecule has 3 saturated heterocycles. The van der Waals surface area contributed by atoms with Crippen molar-refractivity contribution in [3.8, 4) is 0 Å². The van der Waals surface area contributed by atoms with Crippen LogP contribution in [0.3, 0.4) is 0 Å². The lowest BCUT2D eigenvalue weighted by molar-refractivity contribution is -0.158. The van der Waals surface area contributed by atoms with Crippen LogP contribution in [0.1, 0.15) is 26.7 Å². The zero-order valence-corrected chi connectivity index (χ0v) is 24.9. The minimum Gasteiger partial charge on any atom is -0.477 e. The Morgan fingerprint density at radius 1 is 1.21 bits per heavy atom. The molecule has 0 spiro atoms. The van der Waals surface area contributed by atoms with Gasteiger partial charge in [0.15, 0.2) is 12.1 Å². The summed E-state index contributed by atoms with van der Waals surface area (Å²) in [6, 6.07) is -1.25. The molecule has 0 radical (unpaired) electrons. The van der Waals surface area contributed by atoms with E-state index in [9.17, 15) is 24.3 Å². The monoisotopic (exact) mass is 618 g/mol. The molecule has 43 heavy (non-hydrogen) atoms. The topological polar surface area (TPSA) is 234 Å². The molecular weight excluding hydrogens is 580 g/mol. The highest BCUT2D eigenvalue weighted by atomic mass is 32.2. The zero-order chi connectivity index (χ0) is 30.8. The molecular formula is C25H38N12O5S. The molecule has 0 bridgehead atoms. The number of fused-ring (bicyclic) bond motifs is 1. The third-order valence-corrected chi connectivity index (χ3v) is 10.1. The summed E-state index contributed by atoms with van der Waals surface area (Å²) in [5.41, 5.74) is 5.33. The number of carboxylic acid groups (broad SMARTS) is 1. The molecule has 3 fully saturated rings. The number of guanidine groups is 1. The van der Waals surface area contributed by atoms with Crippen LogP contribution in [0.5, 0.6) is 0 Å². The van der Waals surface area contributed by atoms with E-state index in [1.54, 1.807) is 6.92 Å². The number of hydrogen-bond acceptors (Lipinski definition) is 12. The van der Waals surface area contributed by atoms with E-state index in [1.807, 2.05) is 11.8 Å². The van der Waals surface area contributed by atoms with Crippen molar-refractivity contribution >= 4 is 41.4 Å². The fraction of sp³-hybridized carbons (Fsp3) is 0.720. The van der Waals surface area contributed by atoms with Gasteiger partial charge in [-0.15, -0.1) is 22.0 Å². The Balaban J connectivity index is 1.14. The van der Waals surface area contributed by atoms with E-state index in [-0.39, 0.29) is 59.1 Å². The maximum atomic E-state index is 13.3. The van der Waals surface area contributed by atoms with E-state index in [0.29, 0.717) is 37.5 Å². The number of thioether (sulfide) groups is 1. The number of nitrogens with zero attached hydrogens (tertiary/aromatic N) is 7. The average Bonchev–Trinajstić information content (AvgIpc) is 3.69. The number of carboxylic acids is 1. The second-order valence-corrected chi connectivity index (χ2v) is 12.8. The minimum absolute atomic E-state index is 0.000725. The third-order valence-electron chi connectivity index (χ3n) is 8.61. The van der Waals surface area contributed by atoms with Crippen molar-refractivity contribution in [2.75, 3.05) is 45.8 Å². The number of β-lactam (4-membered cyclic amide) rings is 1. The summed E-state index contributed by atoms with van der Waals surface area (Å²) in [5.74, 6) is -2.64. The predicted molar refractivity (Wildman–Crippen MR) is 154 cm³/mol. The highest BCUT2D eigenvalue weighted by molar-refractivity contribution is 8.03. The molecule has 5 aliphatic heterocycles. The van der Waals surface area contributed by atoms with Crippen LogP contribution in [0.15, 0.2) is 31.3 Å². The van der Waals surface area contributed by atoms with Gasteiger partial charge in [0.1, 0.15) is 5.70 Å². The maximum absolute atomic E-state index is 13.3. The molecule has 18 heteroatoms. The molecule has 5 heterocycles. The molecule has 0 unspecified atom stereocenters. The van der Waals surface area contributed by atoms with Gasteiger partial charge in [-0.2, -0.15) is 0 Å². The summed E-state index contributed by atoms with van der Waals surface area (Å²) >= 11 is 1.43. The van der Waals surface area contributed by atoms with Crippen molar-refractivity contribution < 1.29 is 24.3 Å². The quantitative estimate of drug-likeness (QED) is 0.0929. The first-order valence-electron chi connectivity index (χ1n) is 14.4. The fourth-order valence-corrected chi connectivity index (χ4v) is 7.94.